The lowest BCUT2D eigenvalue weighted by Gasteiger charge is -2.31. The van der Waals surface area contributed by atoms with Crippen LogP contribution in [0.5, 0.6) is 0 Å². The number of nitrogens with zero attached hydrogens (tertiary/aromatic N) is 1. The molecule has 0 aliphatic carbocycles. The van der Waals surface area contributed by atoms with Crippen LogP contribution in [0.25, 0.3) is 10.8 Å². The topological polar surface area (TPSA) is 41.6 Å². The predicted molar refractivity (Wildman–Crippen MR) is 97.3 cm³/mol. The lowest BCUT2D eigenvalue weighted by atomic mass is 9.96. The van der Waals surface area contributed by atoms with Gasteiger partial charge in [0.05, 0.1) is 6.61 Å². The van der Waals surface area contributed by atoms with Gasteiger partial charge in [-0.15, -0.1) is 0 Å². The average molecular weight is 326 g/mol. The van der Waals surface area contributed by atoms with Crippen molar-refractivity contribution in [2.75, 3.05) is 39.9 Å². The van der Waals surface area contributed by atoms with Crippen LogP contribution in [0.1, 0.15) is 23.2 Å². The van der Waals surface area contributed by atoms with Gasteiger partial charge in [0.1, 0.15) is 0 Å². The standard InChI is InChI=1S/C20H26N2O2/c1-24-14-13-22-11-9-16(10-12-22)15-21-20(23)19-8-4-6-17-5-2-3-7-18(17)19/h2-8,16H,9-15H2,1H3,(H,21,23). The SMILES string of the molecule is COCCN1CCC(CNC(=O)c2cccc3ccccc23)CC1. The highest BCUT2D eigenvalue weighted by Gasteiger charge is 2.20. The second kappa shape index (κ2) is 8.27. The lowest BCUT2D eigenvalue weighted by Crippen LogP contribution is -2.39. The molecule has 0 spiro atoms. The number of carbonyl (C=O) groups is 1. The van der Waals surface area contributed by atoms with E-state index in [-0.39, 0.29) is 5.91 Å². The number of hydrogen-bond donors (Lipinski definition) is 1. The molecule has 24 heavy (non-hydrogen) atoms. The molecule has 1 N–H and O–H groups in total. The molecule has 2 aromatic carbocycles. The zero-order valence-corrected chi connectivity index (χ0v) is 14.3. The fourth-order valence-corrected chi connectivity index (χ4v) is 3.39. The predicted octanol–water partition coefficient (Wildman–Crippen LogP) is 2.93. The van der Waals surface area contributed by atoms with Gasteiger partial charge in [-0.3, -0.25) is 4.79 Å². The highest BCUT2D eigenvalue weighted by molar-refractivity contribution is 6.06. The molecule has 0 unspecified atom stereocenters. The van der Waals surface area contributed by atoms with Crippen LogP contribution in [0.3, 0.4) is 0 Å². The van der Waals surface area contributed by atoms with Crippen molar-refractivity contribution in [1.29, 1.82) is 0 Å². The number of methoxy groups -OCH3 is 1. The van der Waals surface area contributed by atoms with E-state index < -0.39 is 0 Å². The van der Waals surface area contributed by atoms with E-state index in [9.17, 15) is 4.79 Å². The van der Waals surface area contributed by atoms with E-state index in [4.69, 9.17) is 4.74 Å². The number of rotatable bonds is 6. The normalized spacial score (nSPS) is 16.4. The van der Waals surface area contributed by atoms with Crippen molar-refractivity contribution in [3.63, 3.8) is 0 Å². The van der Waals surface area contributed by atoms with E-state index in [1.54, 1.807) is 7.11 Å². The Labute approximate surface area is 143 Å². The number of hydrogen-bond acceptors (Lipinski definition) is 3. The number of carbonyl (C=O) groups excluding carboxylic acids is 1. The van der Waals surface area contributed by atoms with Crippen molar-refractivity contribution in [3.05, 3.63) is 48.0 Å². The Balaban J connectivity index is 1.53. The Hall–Kier alpha value is -1.91. The molecular formula is C20H26N2O2. The molecule has 4 heteroatoms. The molecule has 0 bridgehead atoms. The number of fused-ring (bicyclic) bond motifs is 1. The van der Waals surface area contributed by atoms with Gasteiger partial charge < -0.3 is 15.0 Å². The van der Waals surface area contributed by atoms with E-state index in [0.29, 0.717) is 5.92 Å². The van der Waals surface area contributed by atoms with Gasteiger partial charge in [-0.1, -0.05) is 36.4 Å². The molecule has 0 atom stereocenters. The van der Waals surface area contributed by atoms with Crippen LogP contribution in [0, 0.1) is 5.92 Å². The maximum absolute atomic E-state index is 12.6. The highest BCUT2D eigenvalue weighted by Crippen LogP contribution is 2.19. The van der Waals surface area contributed by atoms with Crippen LogP contribution >= 0.6 is 0 Å². The first-order valence-electron chi connectivity index (χ1n) is 8.75. The first kappa shape index (κ1) is 16.9. The van der Waals surface area contributed by atoms with Crippen LogP contribution in [-0.4, -0.2) is 50.7 Å². The Morgan fingerprint density at radius 3 is 2.71 bits per heavy atom. The van der Waals surface area contributed by atoms with E-state index >= 15 is 0 Å². The molecule has 3 rings (SSSR count). The molecule has 2 aromatic rings. The maximum atomic E-state index is 12.6. The van der Waals surface area contributed by atoms with E-state index in [0.717, 1.165) is 62.0 Å². The molecule has 128 valence electrons. The Bertz CT molecular complexity index is 673. The van der Waals surface area contributed by atoms with Crippen molar-refractivity contribution >= 4 is 16.7 Å². The fraction of sp³-hybridized carbons (Fsp3) is 0.450. The fourth-order valence-electron chi connectivity index (χ4n) is 3.39. The maximum Gasteiger partial charge on any atom is 0.251 e. The van der Waals surface area contributed by atoms with Gasteiger partial charge in [0.25, 0.3) is 5.91 Å². The van der Waals surface area contributed by atoms with Crippen molar-refractivity contribution in [2.24, 2.45) is 5.92 Å². The van der Waals surface area contributed by atoms with Crippen molar-refractivity contribution in [3.8, 4) is 0 Å². The van der Waals surface area contributed by atoms with Crippen LogP contribution in [0.4, 0.5) is 0 Å². The highest BCUT2D eigenvalue weighted by atomic mass is 16.5. The Morgan fingerprint density at radius 1 is 1.17 bits per heavy atom. The van der Waals surface area contributed by atoms with Crippen LogP contribution in [0.2, 0.25) is 0 Å². The summed E-state index contributed by atoms with van der Waals surface area (Å²) in [5, 5.41) is 5.26. The van der Waals surface area contributed by atoms with Crippen molar-refractivity contribution in [2.45, 2.75) is 12.8 Å². The largest absolute Gasteiger partial charge is 0.383 e. The number of benzene rings is 2. The minimum Gasteiger partial charge on any atom is -0.383 e. The monoisotopic (exact) mass is 326 g/mol. The summed E-state index contributed by atoms with van der Waals surface area (Å²) >= 11 is 0. The first-order valence-corrected chi connectivity index (χ1v) is 8.75. The molecular weight excluding hydrogens is 300 g/mol. The molecule has 1 heterocycles. The van der Waals surface area contributed by atoms with Crippen LogP contribution in [-0.2, 0) is 4.74 Å². The summed E-state index contributed by atoms with van der Waals surface area (Å²) in [4.78, 5) is 15.0. The van der Waals surface area contributed by atoms with Crippen LogP contribution in [0.15, 0.2) is 42.5 Å². The molecule has 1 saturated heterocycles. The van der Waals surface area contributed by atoms with E-state index in [2.05, 4.69) is 10.2 Å². The molecule has 0 radical (unpaired) electrons. The molecule has 4 nitrogen and oxygen atoms in total. The second-order valence-electron chi connectivity index (χ2n) is 6.51. The zero-order chi connectivity index (χ0) is 16.8. The summed E-state index contributed by atoms with van der Waals surface area (Å²) in [6.07, 6.45) is 2.28. The smallest absolute Gasteiger partial charge is 0.251 e. The van der Waals surface area contributed by atoms with Gasteiger partial charge >= 0.3 is 0 Å². The number of nitrogens with one attached hydrogen (secondary N) is 1. The van der Waals surface area contributed by atoms with Gasteiger partial charge in [0.2, 0.25) is 0 Å². The average Bonchev–Trinajstić information content (AvgIpc) is 2.64. The van der Waals surface area contributed by atoms with E-state index in [1.165, 1.54) is 0 Å². The number of ether oxygens (including phenoxy) is 1. The minimum atomic E-state index is 0.0358. The molecule has 1 amide bonds. The quantitative estimate of drug-likeness (QED) is 0.887. The van der Waals surface area contributed by atoms with Gasteiger partial charge in [0.15, 0.2) is 0 Å². The third-order valence-electron chi connectivity index (χ3n) is 4.90. The molecule has 0 aromatic heterocycles. The third-order valence-corrected chi connectivity index (χ3v) is 4.90. The molecule has 1 aliphatic rings. The van der Waals surface area contributed by atoms with Gasteiger partial charge in [-0.25, -0.2) is 0 Å². The zero-order valence-electron chi connectivity index (χ0n) is 14.3. The lowest BCUT2D eigenvalue weighted by molar-refractivity contribution is 0.0927. The second-order valence-corrected chi connectivity index (χ2v) is 6.51. The minimum absolute atomic E-state index is 0.0358. The Morgan fingerprint density at radius 2 is 1.92 bits per heavy atom. The van der Waals surface area contributed by atoms with Crippen LogP contribution < -0.4 is 5.32 Å². The molecule has 1 aliphatic heterocycles. The van der Waals surface area contributed by atoms with E-state index in [1.807, 2.05) is 42.5 Å². The summed E-state index contributed by atoms with van der Waals surface area (Å²) in [6, 6.07) is 13.9. The Kier molecular flexibility index (Phi) is 5.83. The molecule has 1 fully saturated rings. The summed E-state index contributed by atoms with van der Waals surface area (Å²) in [5.41, 5.74) is 0.769. The summed E-state index contributed by atoms with van der Waals surface area (Å²) in [5.74, 6) is 0.608. The van der Waals surface area contributed by atoms with Crippen molar-refractivity contribution < 1.29 is 9.53 Å². The van der Waals surface area contributed by atoms with Gasteiger partial charge in [-0.2, -0.15) is 0 Å². The third kappa shape index (κ3) is 4.13. The van der Waals surface area contributed by atoms with Crippen molar-refractivity contribution in [1.82, 2.24) is 10.2 Å². The van der Waals surface area contributed by atoms with Gasteiger partial charge in [0, 0.05) is 25.8 Å². The first-order chi connectivity index (χ1) is 11.8. The number of likely N-dealkylation sites (tertiary alicyclic amines) is 1. The summed E-state index contributed by atoms with van der Waals surface area (Å²) < 4.78 is 5.14. The number of piperidine rings is 1. The number of amides is 1. The molecule has 0 saturated carbocycles. The summed E-state index contributed by atoms with van der Waals surface area (Å²) in [6.45, 7) is 4.75. The summed E-state index contributed by atoms with van der Waals surface area (Å²) in [7, 11) is 1.75. The van der Waals surface area contributed by atoms with Gasteiger partial charge in [-0.05, 0) is 48.7 Å².